The normalized spacial score (nSPS) is 10.9. The lowest BCUT2D eigenvalue weighted by atomic mass is 10.1. The lowest BCUT2D eigenvalue weighted by molar-refractivity contribution is 0.0729. The monoisotopic (exact) mass is 393 g/mol. The number of aliphatic imine (C=N–C) groups is 1. The van der Waals surface area contributed by atoms with Gasteiger partial charge in [-0.05, 0) is 37.1 Å². The highest BCUT2D eigenvalue weighted by Crippen LogP contribution is 2.33. The van der Waals surface area contributed by atoms with Crippen molar-refractivity contribution in [3.05, 3.63) is 94.0 Å². The quantitative estimate of drug-likeness (QED) is 0.354. The number of nitrogens with zero attached hydrogens (tertiary/aromatic N) is 1. The molecule has 0 heterocycles. The Labute approximate surface area is 169 Å². The molecule has 0 saturated carbocycles. The first-order valence-electron chi connectivity index (χ1n) is 8.88. The van der Waals surface area contributed by atoms with Gasteiger partial charge in [-0.15, -0.1) is 0 Å². The van der Waals surface area contributed by atoms with Crippen LogP contribution in [0.5, 0.6) is 11.5 Å². The highest BCUT2D eigenvalue weighted by molar-refractivity contribution is 6.31. The van der Waals surface area contributed by atoms with Crippen molar-refractivity contribution < 1.29 is 14.6 Å². The highest BCUT2D eigenvalue weighted by atomic mass is 35.5. The van der Waals surface area contributed by atoms with Crippen LogP contribution in [0.3, 0.4) is 0 Å². The molecule has 3 aromatic rings. The number of carbonyl (C=O) groups is 1. The van der Waals surface area contributed by atoms with Gasteiger partial charge in [0.15, 0.2) is 11.5 Å². The van der Waals surface area contributed by atoms with Gasteiger partial charge in [0.05, 0.1) is 5.56 Å². The standard InChI is InChI=1S/C23H20ClNO3/c1-16-7-9-18(10-8-16)23(27)28-21-14-20(24)13-19(22(21)26)15-25-12-11-17-5-3-2-4-6-17/h2-10,13-15,26H,11-12H2,1H3. The van der Waals surface area contributed by atoms with Crippen LogP contribution in [0.2, 0.25) is 5.02 Å². The van der Waals surface area contributed by atoms with Crippen LogP contribution in [-0.4, -0.2) is 23.8 Å². The number of aromatic hydroxyl groups is 1. The average molecular weight is 394 g/mol. The van der Waals surface area contributed by atoms with Crippen molar-refractivity contribution in [1.82, 2.24) is 0 Å². The molecule has 4 nitrogen and oxygen atoms in total. The fourth-order valence-electron chi connectivity index (χ4n) is 2.62. The lowest BCUT2D eigenvalue weighted by Gasteiger charge is -2.09. The second-order valence-corrected chi connectivity index (χ2v) is 6.80. The van der Waals surface area contributed by atoms with Gasteiger partial charge < -0.3 is 9.84 Å². The van der Waals surface area contributed by atoms with Gasteiger partial charge in [-0.3, -0.25) is 4.99 Å². The number of ether oxygens (including phenoxy) is 1. The van der Waals surface area contributed by atoms with Crippen LogP contribution in [0.15, 0.2) is 71.7 Å². The van der Waals surface area contributed by atoms with Crippen molar-refractivity contribution >= 4 is 23.8 Å². The van der Waals surface area contributed by atoms with Gasteiger partial charge in [-0.25, -0.2) is 4.79 Å². The van der Waals surface area contributed by atoms with E-state index in [0.717, 1.165) is 12.0 Å². The number of benzene rings is 3. The van der Waals surface area contributed by atoms with Crippen molar-refractivity contribution in [3.8, 4) is 11.5 Å². The molecule has 5 heteroatoms. The summed E-state index contributed by atoms with van der Waals surface area (Å²) in [5.41, 5.74) is 3.01. The summed E-state index contributed by atoms with van der Waals surface area (Å²) in [6.45, 7) is 2.50. The SMILES string of the molecule is Cc1ccc(C(=O)Oc2cc(Cl)cc(C=NCCc3ccccc3)c2O)cc1. The number of phenolic OH excluding ortho intramolecular Hbond substituents is 1. The van der Waals surface area contributed by atoms with Crippen LogP contribution in [0.25, 0.3) is 0 Å². The molecule has 0 amide bonds. The Balaban J connectivity index is 1.71. The third-order valence-electron chi connectivity index (χ3n) is 4.16. The molecule has 142 valence electrons. The van der Waals surface area contributed by atoms with E-state index in [-0.39, 0.29) is 11.5 Å². The van der Waals surface area contributed by atoms with E-state index >= 15 is 0 Å². The minimum absolute atomic E-state index is 0.00239. The number of aryl methyl sites for hydroxylation is 1. The number of carbonyl (C=O) groups excluding carboxylic acids is 1. The fraction of sp³-hybridized carbons (Fsp3) is 0.130. The van der Waals surface area contributed by atoms with E-state index < -0.39 is 5.97 Å². The first-order chi connectivity index (χ1) is 13.5. The van der Waals surface area contributed by atoms with E-state index in [9.17, 15) is 9.90 Å². The zero-order valence-corrected chi connectivity index (χ0v) is 16.2. The number of hydrogen-bond acceptors (Lipinski definition) is 4. The Bertz CT molecular complexity index is 983. The lowest BCUT2D eigenvalue weighted by Crippen LogP contribution is -2.09. The molecule has 0 unspecified atom stereocenters. The van der Waals surface area contributed by atoms with E-state index in [1.807, 2.05) is 49.4 Å². The molecule has 0 aromatic heterocycles. The van der Waals surface area contributed by atoms with Crippen LogP contribution >= 0.6 is 11.6 Å². The molecule has 0 aliphatic heterocycles. The van der Waals surface area contributed by atoms with Gasteiger partial charge in [0.1, 0.15) is 0 Å². The number of halogens is 1. The van der Waals surface area contributed by atoms with E-state index in [1.165, 1.54) is 17.8 Å². The molecule has 3 rings (SSSR count). The molecule has 0 fully saturated rings. The van der Waals surface area contributed by atoms with Crippen molar-refractivity contribution in [3.63, 3.8) is 0 Å². The number of phenols is 1. The third kappa shape index (κ3) is 5.21. The van der Waals surface area contributed by atoms with Crippen LogP contribution < -0.4 is 4.74 Å². The molecule has 28 heavy (non-hydrogen) atoms. The van der Waals surface area contributed by atoms with Crippen LogP contribution in [0.4, 0.5) is 0 Å². The van der Waals surface area contributed by atoms with Crippen LogP contribution in [-0.2, 0) is 6.42 Å². The summed E-state index contributed by atoms with van der Waals surface area (Å²) in [5, 5.41) is 10.8. The number of rotatable bonds is 6. The summed E-state index contributed by atoms with van der Waals surface area (Å²) in [7, 11) is 0. The van der Waals surface area contributed by atoms with Gasteiger partial charge in [0.25, 0.3) is 0 Å². The highest BCUT2D eigenvalue weighted by Gasteiger charge is 2.15. The predicted molar refractivity (Wildman–Crippen MR) is 112 cm³/mol. The Morgan fingerprint density at radius 2 is 1.82 bits per heavy atom. The summed E-state index contributed by atoms with van der Waals surface area (Å²) >= 11 is 6.12. The molecule has 0 saturated heterocycles. The molecule has 3 aromatic carbocycles. The molecule has 0 radical (unpaired) electrons. The maximum Gasteiger partial charge on any atom is 0.343 e. The van der Waals surface area contributed by atoms with Crippen molar-refractivity contribution in [2.45, 2.75) is 13.3 Å². The number of esters is 1. The van der Waals surface area contributed by atoms with E-state index in [4.69, 9.17) is 16.3 Å². The van der Waals surface area contributed by atoms with Gasteiger partial charge in [0, 0.05) is 29.4 Å². The topological polar surface area (TPSA) is 58.9 Å². The smallest absolute Gasteiger partial charge is 0.343 e. The molecule has 0 aliphatic carbocycles. The minimum Gasteiger partial charge on any atom is -0.504 e. The summed E-state index contributed by atoms with van der Waals surface area (Å²) in [6.07, 6.45) is 2.32. The largest absolute Gasteiger partial charge is 0.504 e. The third-order valence-corrected chi connectivity index (χ3v) is 4.38. The van der Waals surface area contributed by atoms with Crippen LogP contribution in [0.1, 0.15) is 27.0 Å². The minimum atomic E-state index is -0.565. The first-order valence-corrected chi connectivity index (χ1v) is 9.26. The van der Waals surface area contributed by atoms with Gasteiger partial charge in [-0.1, -0.05) is 59.6 Å². The molecule has 0 aliphatic rings. The molecule has 0 spiro atoms. The Hall–Kier alpha value is -3.11. The van der Waals surface area contributed by atoms with E-state index in [1.54, 1.807) is 18.2 Å². The summed E-state index contributed by atoms with van der Waals surface area (Å²) in [4.78, 5) is 16.7. The molecular formula is C23H20ClNO3. The van der Waals surface area contributed by atoms with Crippen LogP contribution in [0, 0.1) is 6.92 Å². The zero-order chi connectivity index (χ0) is 19.9. The predicted octanol–water partition coefficient (Wildman–Crippen LogP) is 5.23. The second kappa shape index (κ2) is 9.20. The molecule has 0 bridgehead atoms. The Morgan fingerprint density at radius 3 is 2.54 bits per heavy atom. The van der Waals surface area contributed by atoms with Crippen molar-refractivity contribution in [2.75, 3.05) is 6.54 Å². The summed E-state index contributed by atoms with van der Waals surface area (Å²) in [5.74, 6) is -0.736. The van der Waals surface area contributed by atoms with E-state index in [2.05, 4.69) is 4.99 Å². The first kappa shape index (κ1) is 19.6. The van der Waals surface area contributed by atoms with Crippen molar-refractivity contribution in [1.29, 1.82) is 0 Å². The number of hydrogen-bond donors (Lipinski definition) is 1. The van der Waals surface area contributed by atoms with Crippen molar-refractivity contribution in [2.24, 2.45) is 4.99 Å². The molecular weight excluding hydrogens is 374 g/mol. The zero-order valence-electron chi connectivity index (χ0n) is 15.4. The fourth-order valence-corrected chi connectivity index (χ4v) is 2.84. The maximum absolute atomic E-state index is 12.3. The van der Waals surface area contributed by atoms with E-state index in [0.29, 0.717) is 22.7 Å². The van der Waals surface area contributed by atoms with Gasteiger partial charge in [0.2, 0.25) is 0 Å². The summed E-state index contributed by atoms with van der Waals surface area (Å²) in [6, 6.07) is 20.0. The van der Waals surface area contributed by atoms with Gasteiger partial charge in [-0.2, -0.15) is 0 Å². The molecule has 1 N–H and O–H groups in total. The maximum atomic E-state index is 12.3. The Kier molecular flexibility index (Phi) is 6.45. The molecule has 0 atom stereocenters. The summed E-state index contributed by atoms with van der Waals surface area (Å²) < 4.78 is 5.33. The average Bonchev–Trinajstić information content (AvgIpc) is 2.69. The van der Waals surface area contributed by atoms with Gasteiger partial charge >= 0.3 is 5.97 Å². The Morgan fingerprint density at radius 1 is 1.11 bits per heavy atom. The second-order valence-electron chi connectivity index (χ2n) is 6.37.